The van der Waals surface area contributed by atoms with Crippen molar-refractivity contribution in [3.63, 3.8) is 0 Å². The maximum Gasteiger partial charge on any atom is 0.221 e. The van der Waals surface area contributed by atoms with E-state index in [4.69, 9.17) is 5.26 Å². The normalized spacial score (nSPS) is 9.80. The zero-order valence-corrected chi connectivity index (χ0v) is 9.16. The summed E-state index contributed by atoms with van der Waals surface area (Å²) < 4.78 is 0. The predicted molar refractivity (Wildman–Crippen MR) is 59.5 cm³/mol. The van der Waals surface area contributed by atoms with Crippen molar-refractivity contribution in [1.82, 2.24) is 0 Å². The highest BCUT2D eigenvalue weighted by Gasteiger charge is 2.08. The number of carbonyl (C=O) groups excluding carboxylic acids is 1. The molecule has 78 valence electrons. The first-order valence-corrected chi connectivity index (χ1v) is 4.86. The number of nitrogens with zero attached hydrogens (tertiary/aromatic N) is 1. The Labute approximate surface area is 89.7 Å². The molecule has 1 aromatic rings. The molecule has 0 aliphatic heterocycles. The first kappa shape index (κ1) is 11.3. The summed E-state index contributed by atoms with van der Waals surface area (Å²) in [6, 6.07) is 7.38. The summed E-state index contributed by atoms with van der Waals surface area (Å²) in [5.41, 5.74) is 2.40. The number of carbonyl (C=O) groups is 1. The summed E-state index contributed by atoms with van der Waals surface area (Å²) in [4.78, 5) is 11.0. The third kappa shape index (κ3) is 2.81. The lowest BCUT2D eigenvalue weighted by molar-refractivity contribution is -0.114. The zero-order chi connectivity index (χ0) is 11.4. The Morgan fingerprint density at radius 2 is 2.13 bits per heavy atom. The van der Waals surface area contributed by atoms with Crippen molar-refractivity contribution in [1.29, 1.82) is 5.26 Å². The minimum absolute atomic E-state index is 0.0957. The van der Waals surface area contributed by atoms with Crippen LogP contribution >= 0.6 is 0 Å². The molecule has 0 fully saturated rings. The lowest BCUT2D eigenvalue weighted by Gasteiger charge is -2.13. The van der Waals surface area contributed by atoms with E-state index < -0.39 is 0 Å². The molecule has 15 heavy (non-hydrogen) atoms. The Morgan fingerprint density at radius 1 is 1.47 bits per heavy atom. The van der Waals surface area contributed by atoms with E-state index in [9.17, 15) is 4.79 Å². The molecule has 0 saturated carbocycles. The largest absolute Gasteiger partial charge is 0.326 e. The smallest absolute Gasteiger partial charge is 0.221 e. The SMILES string of the molecule is CC(=O)Nc1ccc(C#N)cc1C(C)C. The first-order valence-electron chi connectivity index (χ1n) is 4.86. The van der Waals surface area contributed by atoms with E-state index in [2.05, 4.69) is 11.4 Å². The van der Waals surface area contributed by atoms with Gasteiger partial charge in [0.2, 0.25) is 5.91 Å². The number of hydrogen-bond donors (Lipinski definition) is 1. The maximum absolute atomic E-state index is 11.0. The Kier molecular flexibility index (Phi) is 3.46. The van der Waals surface area contributed by atoms with Crippen LogP contribution in [0.3, 0.4) is 0 Å². The van der Waals surface area contributed by atoms with E-state index >= 15 is 0 Å². The van der Waals surface area contributed by atoms with Crippen LogP contribution in [-0.4, -0.2) is 5.91 Å². The van der Waals surface area contributed by atoms with Crippen molar-refractivity contribution in [2.45, 2.75) is 26.7 Å². The molecular formula is C12H14N2O. The van der Waals surface area contributed by atoms with Gasteiger partial charge in [0.05, 0.1) is 11.6 Å². The number of amides is 1. The van der Waals surface area contributed by atoms with Gasteiger partial charge < -0.3 is 5.32 Å². The van der Waals surface area contributed by atoms with Gasteiger partial charge in [0.15, 0.2) is 0 Å². The third-order valence-corrected chi connectivity index (χ3v) is 2.11. The molecule has 0 radical (unpaired) electrons. The standard InChI is InChI=1S/C12H14N2O/c1-8(2)11-6-10(7-13)4-5-12(11)14-9(3)15/h4-6,8H,1-3H3,(H,14,15). The Balaban J connectivity index is 3.16. The number of nitriles is 1. The fourth-order valence-electron chi connectivity index (χ4n) is 1.41. The Bertz CT molecular complexity index is 416. The van der Waals surface area contributed by atoms with Gasteiger partial charge >= 0.3 is 0 Å². The van der Waals surface area contributed by atoms with E-state index in [-0.39, 0.29) is 11.8 Å². The second kappa shape index (κ2) is 4.61. The monoisotopic (exact) mass is 202 g/mol. The van der Waals surface area contributed by atoms with Crippen LogP contribution in [0.4, 0.5) is 5.69 Å². The molecule has 0 aliphatic carbocycles. The summed E-state index contributed by atoms with van der Waals surface area (Å²) in [5.74, 6) is 0.182. The van der Waals surface area contributed by atoms with Gasteiger partial charge in [0, 0.05) is 12.6 Å². The maximum atomic E-state index is 11.0. The number of nitrogens with one attached hydrogen (secondary N) is 1. The highest BCUT2D eigenvalue weighted by Crippen LogP contribution is 2.25. The molecule has 0 spiro atoms. The van der Waals surface area contributed by atoms with Gasteiger partial charge in [0.1, 0.15) is 0 Å². The Morgan fingerprint density at radius 3 is 2.60 bits per heavy atom. The van der Waals surface area contributed by atoms with Crippen LogP contribution in [0, 0.1) is 11.3 Å². The number of anilines is 1. The van der Waals surface area contributed by atoms with E-state index in [1.165, 1.54) is 6.92 Å². The highest BCUT2D eigenvalue weighted by molar-refractivity contribution is 5.89. The molecule has 1 N–H and O–H groups in total. The van der Waals surface area contributed by atoms with Crippen molar-refractivity contribution in [3.8, 4) is 6.07 Å². The lowest BCUT2D eigenvalue weighted by atomic mass is 9.99. The molecular weight excluding hydrogens is 188 g/mol. The Hall–Kier alpha value is -1.82. The average molecular weight is 202 g/mol. The van der Waals surface area contributed by atoms with Gasteiger partial charge in [-0.2, -0.15) is 5.26 Å². The van der Waals surface area contributed by atoms with Crippen molar-refractivity contribution in [2.24, 2.45) is 0 Å². The molecule has 0 bridgehead atoms. The van der Waals surface area contributed by atoms with E-state index in [0.717, 1.165) is 11.3 Å². The predicted octanol–water partition coefficient (Wildman–Crippen LogP) is 2.64. The molecule has 0 unspecified atom stereocenters. The molecule has 0 aromatic heterocycles. The molecule has 0 heterocycles. The minimum Gasteiger partial charge on any atom is -0.326 e. The van der Waals surface area contributed by atoms with Crippen LogP contribution in [0.25, 0.3) is 0 Å². The summed E-state index contributed by atoms with van der Waals surface area (Å²) in [7, 11) is 0. The number of rotatable bonds is 2. The molecule has 0 atom stereocenters. The van der Waals surface area contributed by atoms with Crippen LogP contribution in [0.1, 0.15) is 37.8 Å². The van der Waals surface area contributed by atoms with E-state index in [0.29, 0.717) is 5.56 Å². The fraction of sp³-hybridized carbons (Fsp3) is 0.333. The van der Waals surface area contributed by atoms with Crippen molar-refractivity contribution >= 4 is 11.6 Å². The molecule has 0 aliphatic rings. The molecule has 1 rings (SSSR count). The van der Waals surface area contributed by atoms with Gasteiger partial charge in [-0.05, 0) is 29.7 Å². The van der Waals surface area contributed by atoms with Crippen molar-refractivity contribution < 1.29 is 4.79 Å². The van der Waals surface area contributed by atoms with Gasteiger partial charge in [-0.25, -0.2) is 0 Å². The van der Waals surface area contributed by atoms with Crippen LogP contribution in [0.15, 0.2) is 18.2 Å². The van der Waals surface area contributed by atoms with Crippen LogP contribution < -0.4 is 5.32 Å². The van der Waals surface area contributed by atoms with Gasteiger partial charge in [-0.15, -0.1) is 0 Å². The summed E-state index contributed by atoms with van der Waals surface area (Å²) in [6.45, 7) is 5.53. The lowest BCUT2D eigenvalue weighted by Crippen LogP contribution is -2.08. The number of benzene rings is 1. The van der Waals surface area contributed by atoms with E-state index in [1.807, 2.05) is 19.9 Å². The minimum atomic E-state index is -0.0957. The topological polar surface area (TPSA) is 52.9 Å². The van der Waals surface area contributed by atoms with Gasteiger partial charge in [-0.3, -0.25) is 4.79 Å². The van der Waals surface area contributed by atoms with Crippen molar-refractivity contribution in [3.05, 3.63) is 29.3 Å². The summed E-state index contributed by atoms with van der Waals surface area (Å²) in [5, 5.41) is 11.5. The van der Waals surface area contributed by atoms with Crippen molar-refractivity contribution in [2.75, 3.05) is 5.32 Å². The molecule has 1 aromatic carbocycles. The first-order chi connectivity index (χ1) is 7.04. The van der Waals surface area contributed by atoms with Crippen LogP contribution in [0.2, 0.25) is 0 Å². The second-order valence-corrected chi connectivity index (χ2v) is 3.75. The molecule has 3 nitrogen and oxygen atoms in total. The summed E-state index contributed by atoms with van der Waals surface area (Å²) >= 11 is 0. The fourth-order valence-corrected chi connectivity index (χ4v) is 1.41. The highest BCUT2D eigenvalue weighted by atomic mass is 16.1. The number of hydrogen-bond acceptors (Lipinski definition) is 2. The molecule has 1 amide bonds. The average Bonchev–Trinajstić information content (AvgIpc) is 2.17. The second-order valence-electron chi connectivity index (χ2n) is 3.75. The summed E-state index contributed by atoms with van der Waals surface area (Å²) in [6.07, 6.45) is 0. The van der Waals surface area contributed by atoms with Crippen LogP contribution in [0.5, 0.6) is 0 Å². The zero-order valence-electron chi connectivity index (χ0n) is 9.16. The van der Waals surface area contributed by atoms with Gasteiger partial charge in [0.25, 0.3) is 0 Å². The molecule has 3 heteroatoms. The van der Waals surface area contributed by atoms with Gasteiger partial charge in [-0.1, -0.05) is 13.8 Å². The van der Waals surface area contributed by atoms with Crippen LogP contribution in [-0.2, 0) is 4.79 Å². The van der Waals surface area contributed by atoms with E-state index in [1.54, 1.807) is 12.1 Å². The quantitative estimate of drug-likeness (QED) is 0.801. The third-order valence-electron chi connectivity index (χ3n) is 2.11. The molecule has 0 saturated heterocycles.